The quantitative estimate of drug-likeness (QED) is 0.893. The molecular weight excluding hydrogens is 266 g/mol. The fourth-order valence-corrected chi connectivity index (χ4v) is 1.26. The fourth-order valence-electron chi connectivity index (χ4n) is 1.10. The van der Waals surface area contributed by atoms with Crippen LogP contribution in [0.1, 0.15) is 24.2 Å². The van der Waals surface area contributed by atoms with Gasteiger partial charge in [-0.2, -0.15) is 0 Å². The van der Waals surface area contributed by atoms with E-state index in [1.54, 1.807) is 13.8 Å². The lowest BCUT2D eigenvalue weighted by Gasteiger charge is -2.24. The zero-order chi connectivity index (χ0) is 12.3. The molecule has 0 aliphatic heterocycles. The molecule has 0 saturated heterocycles. The number of halogens is 3. The van der Waals surface area contributed by atoms with E-state index in [1.807, 2.05) is 0 Å². The van der Waals surface area contributed by atoms with Gasteiger partial charge in [-0.15, -0.1) is 12.4 Å². The van der Waals surface area contributed by atoms with Gasteiger partial charge in [0.1, 0.15) is 5.82 Å². The number of hydrogen-bond acceptors (Lipinski definition) is 2. The molecule has 17 heavy (non-hydrogen) atoms. The van der Waals surface area contributed by atoms with Crippen LogP contribution in [0.2, 0.25) is 5.02 Å². The van der Waals surface area contributed by atoms with Crippen LogP contribution in [0.4, 0.5) is 4.39 Å². The van der Waals surface area contributed by atoms with E-state index in [2.05, 4.69) is 5.32 Å². The number of benzene rings is 1. The highest BCUT2D eigenvalue weighted by molar-refractivity contribution is 6.30. The molecule has 0 unspecified atom stereocenters. The second-order valence-corrected chi connectivity index (χ2v) is 4.60. The molecule has 1 rings (SSSR count). The Morgan fingerprint density at radius 1 is 1.53 bits per heavy atom. The van der Waals surface area contributed by atoms with Crippen LogP contribution in [0.5, 0.6) is 0 Å². The Morgan fingerprint density at radius 3 is 2.59 bits per heavy atom. The van der Waals surface area contributed by atoms with Crippen LogP contribution in [0.3, 0.4) is 0 Å². The van der Waals surface area contributed by atoms with Gasteiger partial charge in [0.2, 0.25) is 0 Å². The summed E-state index contributed by atoms with van der Waals surface area (Å²) in [7, 11) is 0. The smallest absolute Gasteiger partial charge is 0.254 e. The molecular formula is C11H15Cl2FN2O. The highest BCUT2D eigenvalue weighted by Crippen LogP contribution is 2.15. The van der Waals surface area contributed by atoms with Gasteiger partial charge < -0.3 is 11.1 Å². The predicted octanol–water partition coefficient (Wildman–Crippen LogP) is 2.37. The standard InChI is InChI=1S/C11H14ClFN2O.ClH/c1-11(2,6-14)15-10(16)8-4-3-7(12)5-9(8)13;/h3-5H,6,14H2,1-2H3,(H,15,16);1H. The van der Waals surface area contributed by atoms with Crippen molar-refractivity contribution in [1.29, 1.82) is 0 Å². The van der Waals surface area contributed by atoms with Crippen molar-refractivity contribution in [3.8, 4) is 0 Å². The number of carbonyl (C=O) groups is 1. The summed E-state index contributed by atoms with van der Waals surface area (Å²) in [5, 5.41) is 2.89. The van der Waals surface area contributed by atoms with E-state index in [0.717, 1.165) is 6.07 Å². The number of rotatable bonds is 3. The SMILES string of the molecule is CC(C)(CN)NC(=O)c1ccc(Cl)cc1F.Cl. The average molecular weight is 281 g/mol. The lowest BCUT2D eigenvalue weighted by molar-refractivity contribution is 0.0911. The van der Waals surface area contributed by atoms with Crippen molar-refractivity contribution in [2.75, 3.05) is 6.54 Å². The summed E-state index contributed by atoms with van der Waals surface area (Å²) in [6.45, 7) is 3.80. The molecule has 0 bridgehead atoms. The summed E-state index contributed by atoms with van der Waals surface area (Å²) < 4.78 is 13.4. The van der Waals surface area contributed by atoms with Crippen LogP contribution in [0, 0.1) is 5.82 Å². The van der Waals surface area contributed by atoms with E-state index >= 15 is 0 Å². The minimum Gasteiger partial charge on any atom is -0.346 e. The summed E-state index contributed by atoms with van der Waals surface area (Å²) >= 11 is 5.59. The molecule has 0 atom stereocenters. The second kappa shape index (κ2) is 6.19. The highest BCUT2D eigenvalue weighted by atomic mass is 35.5. The van der Waals surface area contributed by atoms with E-state index in [0.29, 0.717) is 0 Å². The Labute approximate surface area is 111 Å². The summed E-state index contributed by atoms with van der Waals surface area (Å²) in [5.41, 5.74) is 4.86. The molecule has 0 radical (unpaired) electrons. The Hall–Kier alpha value is -0.840. The van der Waals surface area contributed by atoms with Crippen LogP contribution in [0.25, 0.3) is 0 Å². The third kappa shape index (κ3) is 4.50. The van der Waals surface area contributed by atoms with Gasteiger partial charge >= 0.3 is 0 Å². The van der Waals surface area contributed by atoms with Crippen molar-refractivity contribution < 1.29 is 9.18 Å². The van der Waals surface area contributed by atoms with Gasteiger partial charge in [-0.05, 0) is 32.0 Å². The Balaban J connectivity index is 0.00000256. The average Bonchev–Trinajstić information content (AvgIpc) is 2.16. The van der Waals surface area contributed by atoms with Crippen molar-refractivity contribution in [2.24, 2.45) is 5.73 Å². The summed E-state index contributed by atoms with van der Waals surface area (Å²) in [5.74, 6) is -1.14. The van der Waals surface area contributed by atoms with Gasteiger partial charge in [0.15, 0.2) is 0 Å². The molecule has 0 aliphatic carbocycles. The monoisotopic (exact) mass is 280 g/mol. The first-order chi connectivity index (χ1) is 7.35. The normalized spacial score (nSPS) is 10.6. The highest BCUT2D eigenvalue weighted by Gasteiger charge is 2.21. The maximum absolute atomic E-state index is 13.4. The lowest BCUT2D eigenvalue weighted by Crippen LogP contribution is -2.49. The van der Waals surface area contributed by atoms with Crippen LogP contribution in [-0.4, -0.2) is 18.0 Å². The molecule has 0 heterocycles. The van der Waals surface area contributed by atoms with Crippen LogP contribution in [0.15, 0.2) is 18.2 Å². The molecule has 0 aliphatic rings. The molecule has 96 valence electrons. The fraction of sp³-hybridized carbons (Fsp3) is 0.364. The summed E-state index contributed by atoms with van der Waals surface area (Å²) in [6.07, 6.45) is 0. The van der Waals surface area contributed by atoms with Crippen molar-refractivity contribution in [1.82, 2.24) is 5.32 Å². The van der Waals surface area contributed by atoms with E-state index in [-0.39, 0.29) is 29.5 Å². The molecule has 0 spiro atoms. The minimum atomic E-state index is -0.641. The predicted molar refractivity (Wildman–Crippen MR) is 69.3 cm³/mol. The number of amides is 1. The second-order valence-electron chi connectivity index (χ2n) is 4.17. The first-order valence-electron chi connectivity index (χ1n) is 4.83. The first-order valence-corrected chi connectivity index (χ1v) is 5.21. The van der Waals surface area contributed by atoms with Crippen LogP contribution < -0.4 is 11.1 Å². The number of nitrogens with one attached hydrogen (secondary N) is 1. The van der Waals surface area contributed by atoms with Crippen molar-refractivity contribution in [2.45, 2.75) is 19.4 Å². The van der Waals surface area contributed by atoms with E-state index in [9.17, 15) is 9.18 Å². The Kier molecular flexibility index (Phi) is 5.88. The van der Waals surface area contributed by atoms with Gasteiger partial charge in [-0.3, -0.25) is 4.79 Å². The molecule has 0 fully saturated rings. The van der Waals surface area contributed by atoms with E-state index in [4.69, 9.17) is 17.3 Å². The van der Waals surface area contributed by atoms with Gasteiger partial charge in [-0.1, -0.05) is 11.6 Å². The molecule has 0 aromatic heterocycles. The lowest BCUT2D eigenvalue weighted by atomic mass is 10.1. The van der Waals surface area contributed by atoms with Gasteiger partial charge in [0.05, 0.1) is 5.56 Å². The molecule has 1 aromatic carbocycles. The number of carbonyl (C=O) groups excluding carboxylic acids is 1. The topological polar surface area (TPSA) is 55.1 Å². The molecule has 1 amide bonds. The largest absolute Gasteiger partial charge is 0.346 e. The van der Waals surface area contributed by atoms with Crippen LogP contribution >= 0.6 is 24.0 Å². The number of nitrogens with two attached hydrogens (primary N) is 1. The third-order valence-corrected chi connectivity index (χ3v) is 2.37. The minimum absolute atomic E-state index is 0. The van der Waals surface area contributed by atoms with Gasteiger partial charge in [0.25, 0.3) is 5.91 Å². The maximum Gasteiger partial charge on any atom is 0.254 e. The van der Waals surface area contributed by atoms with Crippen molar-refractivity contribution >= 4 is 29.9 Å². The molecule has 1 aromatic rings. The Bertz CT molecular complexity index is 410. The van der Waals surface area contributed by atoms with Crippen LogP contribution in [-0.2, 0) is 0 Å². The van der Waals surface area contributed by atoms with Crippen molar-refractivity contribution in [3.63, 3.8) is 0 Å². The molecule has 0 saturated carbocycles. The first kappa shape index (κ1) is 16.2. The van der Waals surface area contributed by atoms with Gasteiger partial charge in [0, 0.05) is 17.1 Å². The van der Waals surface area contributed by atoms with Crippen molar-refractivity contribution in [3.05, 3.63) is 34.6 Å². The zero-order valence-corrected chi connectivity index (χ0v) is 11.2. The molecule has 3 nitrogen and oxygen atoms in total. The third-order valence-electron chi connectivity index (χ3n) is 2.14. The number of hydrogen-bond donors (Lipinski definition) is 2. The zero-order valence-electron chi connectivity index (χ0n) is 9.59. The molecule has 6 heteroatoms. The van der Waals surface area contributed by atoms with Gasteiger partial charge in [-0.25, -0.2) is 4.39 Å². The van der Waals surface area contributed by atoms with E-state index in [1.165, 1.54) is 12.1 Å². The summed E-state index contributed by atoms with van der Waals surface area (Å²) in [4.78, 5) is 11.7. The van der Waals surface area contributed by atoms with E-state index < -0.39 is 17.3 Å². The Morgan fingerprint density at radius 2 is 2.12 bits per heavy atom. The maximum atomic E-state index is 13.4. The summed E-state index contributed by atoms with van der Waals surface area (Å²) in [6, 6.07) is 3.92. The molecule has 3 N–H and O–H groups in total.